The fourth-order valence-corrected chi connectivity index (χ4v) is 3.97. The van der Waals surface area contributed by atoms with Gasteiger partial charge < -0.3 is 15.0 Å². The van der Waals surface area contributed by atoms with Gasteiger partial charge in [-0.3, -0.25) is 4.79 Å². The summed E-state index contributed by atoms with van der Waals surface area (Å²) in [4.78, 5) is 13.7. The molecule has 2 aliphatic rings. The molecule has 7 nitrogen and oxygen atoms in total. The maximum Gasteiger partial charge on any atom is 0.224 e. The van der Waals surface area contributed by atoms with E-state index in [0.29, 0.717) is 19.6 Å². The highest BCUT2D eigenvalue weighted by Crippen LogP contribution is 2.18. The minimum Gasteiger partial charge on any atom is -0.370 e. The van der Waals surface area contributed by atoms with E-state index in [0.717, 1.165) is 52.1 Å². The maximum absolute atomic E-state index is 12.2. The predicted molar refractivity (Wildman–Crippen MR) is 83.2 cm³/mol. The van der Waals surface area contributed by atoms with Crippen molar-refractivity contribution in [2.75, 3.05) is 58.7 Å². The summed E-state index contributed by atoms with van der Waals surface area (Å²) in [5.74, 6) is -0.218. The lowest BCUT2D eigenvalue weighted by Crippen LogP contribution is -3.14. The molecular weight excluding hydrogens is 306 g/mol. The lowest BCUT2D eigenvalue weighted by Gasteiger charge is -2.30. The van der Waals surface area contributed by atoms with Gasteiger partial charge in [0.2, 0.25) is 15.9 Å². The van der Waals surface area contributed by atoms with Crippen LogP contribution >= 0.6 is 0 Å². The van der Waals surface area contributed by atoms with E-state index in [1.165, 1.54) is 15.5 Å². The van der Waals surface area contributed by atoms with Crippen molar-refractivity contribution in [3.05, 3.63) is 0 Å². The molecule has 0 bridgehead atoms. The number of carbonyl (C=O) groups excluding carboxylic acids is 1. The average Bonchev–Trinajstić information content (AvgIpc) is 2.52. The van der Waals surface area contributed by atoms with Crippen molar-refractivity contribution >= 4 is 15.9 Å². The Hall–Kier alpha value is -0.700. The van der Waals surface area contributed by atoms with Gasteiger partial charge in [-0.25, -0.2) is 12.7 Å². The number of morpholine rings is 1. The molecular formula is C14H28N3O4S+. The molecule has 0 aromatic heterocycles. The van der Waals surface area contributed by atoms with Crippen molar-refractivity contribution in [3.8, 4) is 0 Å². The highest BCUT2D eigenvalue weighted by molar-refractivity contribution is 7.88. The zero-order valence-corrected chi connectivity index (χ0v) is 14.2. The number of nitrogens with zero attached hydrogens (tertiary/aromatic N) is 1. The number of amides is 1. The van der Waals surface area contributed by atoms with Gasteiger partial charge in [-0.05, 0) is 12.8 Å². The molecule has 8 heteroatoms. The minimum atomic E-state index is -3.19. The normalized spacial score (nSPS) is 25.0. The van der Waals surface area contributed by atoms with Gasteiger partial charge in [0.15, 0.2) is 0 Å². The average molecular weight is 334 g/mol. The summed E-state index contributed by atoms with van der Waals surface area (Å²) >= 11 is 0. The summed E-state index contributed by atoms with van der Waals surface area (Å²) in [6, 6.07) is 0. The van der Waals surface area contributed by atoms with Crippen LogP contribution in [0.2, 0.25) is 0 Å². The summed E-state index contributed by atoms with van der Waals surface area (Å²) < 4.78 is 29.9. The molecule has 1 unspecified atom stereocenters. The molecule has 0 radical (unpaired) electrons. The smallest absolute Gasteiger partial charge is 0.224 e. The zero-order valence-electron chi connectivity index (χ0n) is 13.3. The maximum atomic E-state index is 12.2. The van der Waals surface area contributed by atoms with E-state index in [1.54, 1.807) is 0 Å². The Morgan fingerprint density at radius 3 is 2.77 bits per heavy atom. The van der Waals surface area contributed by atoms with Crippen molar-refractivity contribution in [3.63, 3.8) is 0 Å². The second-order valence-electron chi connectivity index (χ2n) is 6.22. The Kier molecular flexibility index (Phi) is 6.61. The van der Waals surface area contributed by atoms with E-state index in [1.807, 2.05) is 0 Å². The van der Waals surface area contributed by atoms with Gasteiger partial charge in [0, 0.05) is 26.1 Å². The monoisotopic (exact) mass is 334 g/mol. The Morgan fingerprint density at radius 2 is 2.09 bits per heavy atom. The molecule has 2 fully saturated rings. The fraction of sp³-hybridized carbons (Fsp3) is 0.929. The van der Waals surface area contributed by atoms with Crippen LogP contribution in [-0.2, 0) is 19.6 Å². The highest BCUT2D eigenvalue weighted by atomic mass is 32.2. The van der Waals surface area contributed by atoms with Crippen LogP contribution in [0.3, 0.4) is 0 Å². The van der Waals surface area contributed by atoms with Crippen LogP contribution in [0, 0.1) is 5.92 Å². The predicted octanol–water partition coefficient (Wildman–Crippen LogP) is -1.92. The molecule has 1 amide bonds. The first-order valence-corrected chi connectivity index (χ1v) is 9.96. The van der Waals surface area contributed by atoms with E-state index in [-0.39, 0.29) is 11.8 Å². The highest BCUT2D eigenvalue weighted by Gasteiger charge is 2.29. The number of sulfonamides is 1. The second-order valence-corrected chi connectivity index (χ2v) is 8.20. The third-order valence-corrected chi connectivity index (χ3v) is 5.70. The second kappa shape index (κ2) is 8.24. The number of quaternary nitrogens is 1. The fourth-order valence-electron chi connectivity index (χ4n) is 3.06. The van der Waals surface area contributed by atoms with Crippen molar-refractivity contribution in [1.82, 2.24) is 9.62 Å². The SMILES string of the molecule is CS(=O)(=O)N1CCCC(C(=O)NCCC[NH+]2CCOCC2)C1. The summed E-state index contributed by atoms with van der Waals surface area (Å²) in [5.41, 5.74) is 0. The van der Waals surface area contributed by atoms with Crippen LogP contribution in [0.1, 0.15) is 19.3 Å². The number of ether oxygens (including phenoxy) is 1. The third kappa shape index (κ3) is 5.49. The minimum absolute atomic E-state index is 0.00896. The number of hydrogen-bond donors (Lipinski definition) is 2. The molecule has 0 aliphatic carbocycles. The third-order valence-electron chi connectivity index (χ3n) is 4.43. The number of rotatable bonds is 6. The van der Waals surface area contributed by atoms with Crippen LogP contribution in [-0.4, -0.2) is 77.4 Å². The summed E-state index contributed by atoms with van der Waals surface area (Å²) in [6.07, 6.45) is 3.68. The van der Waals surface area contributed by atoms with Gasteiger partial charge >= 0.3 is 0 Å². The van der Waals surface area contributed by atoms with Crippen LogP contribution in [0.5, 0.6) is 0 Å². The van der Waals surface area contributed by atoms with Crippen molar-refractivity contribution < 1.29 is 22.8 Å². The van der Waals surface area contributed by atoms with Gasteiger partial charge in [0.25, 0.3) is 0 Å². The summed E-state index contributed by atoms with van der Waals surface area (Å²) in [6.45, 7) is 6.29. The van der Waals surface area contributed by atoms with Crippen molar-refractivity contribution in [1.29, 1.82) is 0 Å². The van der Waals surface area contributed by atoms with Gasteiger partial charge in [0.05, 0.1) is 31.9 Å². The van der Waals surface area contributed by atoms with E-state index in [2.05, 4.69) is 5.32 Å². The van der Waals surface area contributed by atoms with Crippen LogP contribution in [0.15, 0.2) is 0 Å². The molecule has 0 spiro atoms. The van der Waals surface area contributed by atoms with Crippen LogP contribution in [0.4, 0.5) is 0 Å². The molecule has 0 saturated carbocycles. The molecule has 2 rings (SSSR count). The molecule has 22 heavy (non-hydrogen) atoms. The Labute approximate surface area is 133 Å². The van der Waals surface area contributed by atoms with E-state index in [4.69, 9.17) is 4.74 Å². The summed E-state index contributed by atoms with van der Waals surface area (Å²) in [7, 11) is -3.19. The summed E-state index contributed by atoms with van der Waals surface area (Å²) in [5, 5.41) is 2.96. The van der Waals surface area contributed by atoms with Crippen LogP contribution in [0.25, 0.3) is 0 Å². The molecule has 2 saturated heterocycles. The topological polar surface area (TPSA) is 80.2 Å². The number of piperidine rings is 1. The first-order valence-electron chi connectivity index (χ1n) is 8.11. The van der Waals surface area contributed by atoms with Gasteiger partial charge in [-0.2, -0.15) is 0 Å². The lowest BCUT2D eigenvalue weighted by atomic mass is 9.99. The molecule has 2 N–H and O–H groups in total. The molecule has 2 heterocycles. The lowest BCUT2D eigenvalue weighted by molar-refractivity contribution is -0.908. The molecule has 0 aromatic carbocycles. The quantitative estimate of drug-likeness (QED) is 0.555. The van der Waals surface area contributed by atoms with Gasteiger partial charge in [-0.1, -0.05) is 0 Å². The Balaban J connectivity index is 1.66. The van der Waals surface area contributed by atoms with Crippen molar-refractivity contribution in [2.45, 2.75) is 19.3 Å². The zero-order chi connectivity index (χ0) is 16.0. The van der Waals surface area contributed by atoms with E-state index in [9.17, 15) is 13.2 Å². The molecule has 128 valence electrons. The number of carbonyl (C=O) groups is 1. The first kappa shape index (κ1) is 17.7. The number of hydrogen-bond acceptors (Lipinski definition) is 4. The Morgan fingerprint density at radius 1 is 1.36 bits per heavy atom. The molecule has 2 aliphatic heterocycles. The first-order chi connectivity index (χ1) is 10.5. The van der Waals surface area contributed by atoms with Crippen molar-refractivity contribution in [2.24, 2.45) is 5.92 Å². The standard InChI is InChI=1S/C14H27N3O4S/c1-22(19,20)17-7-2-4-13(12-17)14(18)15-5-3-6-16-8-10-21-11-9-16/h13H,2-12H2,1H3,(H,15,18)/p+1. The van der Waals surface area contributed by atoms with E-state index < -0.39 is 10.0 Å². The van der Waals surface area contributed by atoms with Gasteiger partial charge in [-0.15, -0.1) is 0 Å². The van der Waals surface area contributed by atoms with E-state index >= 15 is 0 Å². The molecule has 0 aromatic rings. The number of nitrogens with one attached hydrogen (secondary N) is 2. The van der Waals surface area contributed by atoms with Gasteiger partial charge in [0.1, 0.15) is 13.1 Å². The largest absolute Gasteiger partial charge is 0.370 e. The van der Waals surface area contributed by atoms with Crippen LogP contribution < -0.4 is 10.2 Å². The molecule has 1 atom stereocenters. The Bertz CT molecular complexity index is 463.